The third-order valence-electron chi connectivity index (χ3n) is 3.74. The molecular weight excluding hydrogens is 228 g/mol. The predicted molar refractivity (Wildman–Crippen MR) is 68.1 cm³/mol. The lowest BCUT2D eigenvalue weighted by Gasteiger charge is -2.16. The van der Waals surface area contributed by atoms with Crippen molar-refractivity contribution in [2.45, 2.75) is 25.7 Å². The van der Waals surface area contributed by atoms with Crippen molar-refractivity contribution < 1.29 is 14.3 Å². The molecule has 1 aromatic rings. The first kappa shape index (κ1) is 11.7. The average molecular weight is 246 g/mol. The fourth-order valence-electron chi connectivity index (χ4n) is 2.63. The molecule has 1 aromatic carbocycles. The molecule has 3 rings (SSSR count). The molecule has 1 heterocycles. The molecule has 18 heavy (non-hydrogen) atoms. The van der Waals surface area contributed by atoms with E-state index in [9.17, 15) is 4.79 Å². The molecule has 0 aromatic heterocycles. The van der Waals surface area contributed by atoms with Crippen LogP contribution in [0.15, 0.2) is 18.2 Å². The monoisotopic (exact) mass is 246 g/mol. The fraction of sp³-hybridized carbons (Fsp3) is 0.533. The normalized spacial score (nSPS) is 22.9. The molecule has 3 heteroatoms. The lowest BCUT2D eigenvalue weighted by atomic mass is 9.90. The number of rotatable bonds is 3. The smallest absolute Gasteiger partial charge is 0.163 e. The van der Waals surface area contributed by atoms with Crippen LogP contribution in [-0.4, -0.2) is 25.6 Å². The molecule has 0 N–H and O–H groups in total. The van der Waals surface area contributed by atoms with Gasteiger partial charge >= 0.3 is 0 Å². The summed E-state index contributed by atoms with van der Waals surface area (Å²) in [5, 5.41) is 0. The second kappa shape index (κ2) is 5.11. The number of carbonyl (C=O) groups is 1. The van der Waals surface area contributed by atoms with Gasteiger partial charge in [0.2, 0.25) is 0 Å². The summed E-state index contributed by atoms with van der Waals surface area (Å²) >= 11 is 0. The van der Waals surface area contributed by atoms with Crippen LogP contribution in [0.2, 0.25) is 0 Å². The quantitative estimate of drug-likeness (QED) is 0.822. The Hall–Kier alpha value is -1.35. The van der Waals surface area contributed by atoms with Gasteiger partial charge in [-0.25, -0.2) is 0 Å². The minimum Gasteiger partial charge on any atom is -0.493 e. The third-order valence-corrected chi connectivity index (χ3v) is 3.74. The van der Waals surface area contributed by atoms with E-state index in [0.717, 1.165) is 43.8 Å². The summed E-state index contributed by atoms with van der Waals surface area (Å²) in [5.41, 5.74) is 2.03. The Morgan fingerprint density at radius 3 is 3.11 bits per heavy atom. The first-order valence-corrected chi connectivity index (χ1v) is 6.69. The maximum Gasteiger partial charge on any atom is 0.163 e. The zero-order chi connectivity index (χ0) is 12.4. The van der Waals surface area contributed by atoms with Gasteiger partial charge in [-0.2, -0.15) is 0 Å². The fourth-order valence-corrected chi connectivity index (χ4v) is 2.63. The molecule has 1 atom stereocenters. The number of ether oxygens (including phenoxy) is 2. The lowest BCUT2D eigenvalue weighted by Crippen LogP contribution is -2.13. The topological polar surface area (TPSA) is 35.5 Å². The predicted octanol–water partition coefficient (Wildman–Crippen LogP) is 2.62. The molecule has 0 spiro atoms. The standard InChI is InChI=1S/C15H18O3/c16-15-3-1-2-12-4-5-13(8-14(12)15)18-10-11-6-7-17-9-11/h4-5,8,11H,1-3,6-7,9-10H2. The van der Waals surface area contributed by atoms with Gasteiger partial charge in [0.15, 0.2) is 5.78 Å². The van der Waals surface area contributed by atoms with Crippen LogP contribution in [0.5, 0.6) is 5.75 Å². The molecule has 1 aliphatic heterocycles. The van der Waals surface area contributed by atoms with Gasteiger partial charge < -0.3 is 9.47 Å². The molecule has 3 nitrogen and oxygen atoms in total. The number of ketones is 1. The number of carbonyl (C=O) groups excluding carboxylic acids is 1. The van der Waals surface area contributed by atoms with E-state index in [1.54, 1.807) is 0 Å². The van der Waals surface area contributed by atoms with E-state index in [1.165, 1.54) is 5.56 Å². The van der Waals surface area contributed by atoms with Crippen molar-refractivity contribution in [3.05, 3.63) is 29.3 Å². The minimum absolute atomic E-state index is 0.255. The highest BCUT2D eigenvalue weighted by Crippen LogP contribution is 2.26. The van der Waals surface area contributed by atoms with E-state index >= 15 is 0 Å². The Balaban J connectivity index is 1.69. The van der Waals surface area contributed by atoms with Gasteiger partial charge in [0, 0.05) is 24.5 Å². The second-order valence-electron chi connectivity index (χ2n) is 5.14. The van der Waals surface area contributed by atoms with Crippen molar-refractivity contribution in [2.24, 2.45) is 5.92 Å². The number of aryl methyl sites for hydroxylation is 1. The molecule has 1 saturated heterocycles. The highest BCUT2D eigenvalue weighted by molar-refractivity contribution is 5.98. The summed E-state index contributed by atoms with van der Waals surface area (Å²) in [4.78, 5) is 11.8. The molecule has 1 fully saturated rings. The first-order chi connectivity index (χ1) is 8.83. The maximum atomic E-state index is 11.8. The van der Waals surface area contributed by atoms with Crippen LogP contribution >= 0.6 is 0 Å². The number of Topliss-reactive ketones (excluding diaryl/α,β-unsaturated/α-hetero) is 1. The molecule has 0 radical (unpaired) electrons. The van der Waals surface area contributed by atoms with Gasteiger partial charge in [-0.05, 0) is 37.0 Å². The van der Waals surface area contributed by atoms with Crippen LogP contribution in [0.25, 0.3) is 0 Å². The summed E-state index contributed by atoms with van der Waals surface area (Å²) in [5.74, 6) is 1.57. The van der Waals surface area contributed by atoms with E-state index in [1.807, 2.05) is 18.2 Å². The third kappa shape index (κ3) is 2.41. The van der Waals surface area contributed by atoms with Gasteiger partial charge in [0.25, 0.3) is 0 Å². The Labute approximate surface area is 107 Å². The maximum absolute atomic E-state index is 11.8. The zero-order valence-corrected chi connectivity index (χ0v) is 10.5. The summed E-state index contributed by atoms with van der Waals surface area (Å²) < 4.78 is 11.1. The molecule has 0 bridgehead atoms. The number of fused-ring (bicyclic) bond motifs is 1. The molecule has 1 unspecified atom stereocenters. The SMILES string of the molecule is O=C1CCCc2ccc(OCC3CCOC3)cc21. The van der Waals surface area contributed by atoms with Gasteiger partial charge in [-0.1, -0.05) is 6.07 Å². The minimum atomic E-state index is 0.255. The van der Waals surface area contributed by atoms with Crippen molar-refractivity contribution in [1.29, 1.82) is 0 Å². The second-order valence-corrected chi connectivity index (χ2v) is 5.14. The van der Waals surface area contributed by atoms with Crippen molar-refractivity contribution in [2.75, 3.05) is 19.8 Å². The molecule has 2 aliphatic rings. The molecule has 96 valence electrons. The zero-order valence-electron chi connectivity index (χ0n) is 10.5. The largest absolute Gasteiger partial charge is 0.493 e. The van der Waals surface area contributed by atoms with E-state index in [2.05, 4.69) is 0 Å². The average Bonchev–Trinajstić information content (AvgIpc) is 2.90. The Kier molecular flexibility index (Phi) is 3.33. The Morgan fingerprint density at radius 2 is 2.28 bits per heavy atom. The molecule has 0 saturated carbocycles. The summed E-state index contributed by atoms with van der Waals surface area (Å²) in [6, 6.07) is 5.92. The lowest BCUT2D eigenvalue weighted by molar-refractivity contribution is 0.0971. The van der Waals surface area contributed by atoms with Crippen molar-refractivity contribution in [1.82, 2.24) is 0 Å². The van der Waals surface area contributed by atoms with Gasteiger partial charge in [0.1, 0.15) is 5.75 Å². The van der Waals surface area contributed by atoms with E-state index < -0.39 is 0 Å². The van der Waals surface area contributed by atoms with Crippen LogP contribution in [0.3, 0.4) is 0 Å². The highest BCUT2D eigenvalue weighted by Gasteiger charge is 2.19. The Bertz CT molecular complexity index is 447. The van der Waals surface area contributed by atoms with Crippen molar-refractivity contribution in [3.63, 3.8) is 0 Å². The van der Waals surface area contributed by atoms with E-state index in [0.29, 0.717) is 18.9 Å². The molecule has 1 aliphatic carbocycles. The van der Waals surface area contributed by atoms with Crippen LogP contribution < -0.4 is 4.74 Å². The number of hydrogen-bond donors (Lipinski definition) is 0. The van der Waals surface area contributed by atoms with Crippen LogP contribution in [-0.2, 0) is 11.2 Å². The molecule has 0 amide bonds. The van der Waals surface area contributed by atoms with Crippen molar-refractivity contribution >= 4 is 5.78 Å². The summed E-state index contributed by atoms with van der Waals surface area (Å²) in [6.07, 6.45) is 3.74. The van der Waals surface area contributed by atoms with Gasteiger partial charge in [-0.15, -0.1) is 0 Å². The van der Waals surface area contributed by atoms with Crippen LogP contribution in [0.1, 0.15) is 35.2 Å². The van der Waals surface area contributed by atoms with Crippen molar-refractivity contribution in [3.8, 4) is 5.75 Å². The van der Waals surface area contributed by atoms with Gasteiger partial charge in [-0.3, -0.25) is 4.79 Å². The summed E-state index contributed by atoms with van der Waals surface area (Å²) in [7, 11) is 0. The number of benzene rings is 1. The Morgan fingerprint density at radius 1 is 1.33 bits per heavy atom. The molecular formula is C15H18O3. The van der Waals surface area contributed by atoms with E-state index in [4.69, 9.17) is 9.47 Å². The first-order valence-electron chi connectivity index (χ1n) is 6.69. The van der Waals surface area contributed by atoms with Crippen LogP contribution in [0.4, 0.5) is 0 Å². The van der Waals surface area contributed by atoms with Crippen LogP contribution in [0, 0.1) is 5.92 Å². The van der Waals surface area contributed by atoms with E-state index in [-0.39, 0.29) is 5.78 Å². The highest BCUT2D eigenvalue weighted by atomic mass is 16.5. The summed E-state index contributed by atoms with van der Waals surface area (Å²) in [6.45, 7) is 2.33. The number of hydrogen-bond acceptors (Lipinski definition) is 3. The van der Waals surface area contributed by atoms with Gasteiger partial charge in [0.05, 0.1) is 13.2 Å².